The molecule has 6 nitrogen and oxygen atoms in total. The van der Waals surface area contributed by atoms with E-state index in [1.54, 1.807) is 31.4 Å². The average molecular weight is 395 g/mol. The number of likely N-dealkylation sites (tertiary alicyclic amines) is 1. The van der Waals surface area contributed by atoms with E-state index in [1.165, 1.54) is 10.7 Å². The van der Waals surface area contributed by atoms with Crippen molar-refractivity contribution in [2.75, 3.05) is 26.7 Å². The van der Waals surface area contributed by atoms with Crippen LogP contribution in [0.15, 0.2) is 29.2 Å². The lowest BCUT2D eigenvalue weighted by molar-refractivity contribution is -0.140. The van der Waals surface area contributed by atoms with Gasteiger partial charge in [0.1, 0.15) is 5.75 Å². The quantitative estimate of drug-likeness (QED) is 0.770. The molecule has 0 spiro atoms. The van der Waals surface area contributed by atoms with Crippen molar-refractivity contribution >= 4 is 15.9 Å². The molecule has 2 fully saturated rings. The van der Waals surface area contributed by atoms with Gasteiger partial charge >= 0.3 is 0 Å². The molecule has 1 amide bonds. The third-order valence-electron chi connectivity index (χ3n) is 5.81. The van der Waals surface area contributed by atoms with Gasteiger partial charge in [-0.15, -0.1) is 0 Å². The maximum atomic E-state index is 13.1. The Balaban J connectivity index is 1.73. The van der Waals surface area contributed by atoms with Gasteiger partial charge in [-0.05, 0) is 62.8 Å². The molecule has 3 rings (SSSR count). The zero-order valence-corrected chi connectivity index (χ0v) is 17.1. The third-order valence-corrected chi connectivity index (χ3v) is 7.69. The fraction of sp³-hybridized carbons (Fsp3) is 0.650. The highest BCUT2D eigenvalue weighted by molar-refractivity contribution is 7.89. The molecule has 1 aromatic rings. The van der Waals surface area contributed by atoms with E-state index in [2.05, 4.69) is 6.92 Å². The number of rotatable bonds is 5. The predicted octanol–water partition coefficient (Wildman–Crippen LogP) is 2.89. The number of piperidine rings is 2. The van der Waals surface area contributed by atoms with E-state index < -0.39 is 10.0 Å². The summed E-state index contributed by atoms with van der Waals surface area (Å²) >= 11 is 0. The van der Waals surface area contributed by atoms with E-state index in [-0.39, 0.29) is 23.3 Å². The molecule has 2 atom stereocenters. The summed E-state index contributed by atoms with van der Waals surface area (Å²) in [6.07, 6.45) is 5.72. The average Bonchev–Trinajstić information content (AvgIpc) is 2.73. The number of nitrogens with zero attached hydrogens (tertiary/aromatic N) is 2. The summed E-state index contributed by atoms with van der Waals surface area (Å²) in [4.78, 5) is 15.4. The van der Waals surface area contributed by atoms with Crippen LogP contribution in [-0.4, -0.2) is 56.3 Å². The summed E-state index contributed by atoms with van der Waals surface area (Å²) in [5.74, 6) is 0.520. The Morgan fingerprint density at radius 2 is 1.85 bits per heavy atom. The largest absolute Gasteiger partial charge is 0.497 e. The van der Waals surface area contributed by atoms with Gasteiger partial charge in [-0.3, -0.25) is 4.79 Å². The van der Waals surface area contributed by atoms with E-state index in [9.17, 15) is 13.2 Å². The van der Waals surface area contributed by atoms with Crippen LogP contribution in [0.4, 0.5) is 0 Å². The normalized spacial score (nSPS) is 24.6. The number of carbonyl (C=O) groups is 1. The van der Waals surface area contributed by atoms with Crippen LogP contribution in [0.1, 0.15) is 45.4 Å². The van der Waals surface area contributed by atoms with Crippen LogP contribution in [-0.2, 0) is 14.8 Å². The minimum atomic E-state index is -3.60. The van der Waals surface area contributed by atoms with Crippen LogP contribution in [0.2, 0.25) is 0 Å². The van der Waals surface area contributed by atoms with Gasteiger partial charge in [-0.1, -0.05) is 6.92 Å². The molecule has 2 aliphatic heterocycles. The van der Waals surface area contributed by atoms with Crippen molar-refractivity contribution < 1.29 is 17.9 Å². The van der Waals surface area contributed by atoms with Gasteiger partial charge in [0.25, 0.3) is 0 Å². The maximum Gasteiger partial charge on any atom is 0.243 e. The molecule has 2 aliphatic rings. The molecule has 27 heavy (non-hydrogen) atoms. The molecule has 0 aliphatic carbocycles. The van der Waals surface area contributed by atoms with Gasteiger partial charge in [-0.2, -0.15) is 4.31 Å². The minimum Gasteiger partial charge on any atom is -0.497 e. The first-order chi connectivity index (χ1) is 13.0. The summed E-state index contributed by atoms with van der Waals surface area (Å²) < 4.78 is 32.6. The van der Waals surface area contributed by atoms with Crippen molar-refractivity contribution in [1.29, 1.82) is 0 Å². The van der Waals surface area contributed by atoms with E-state index >= 15 is 0 Å². The fourth-order valence-electron chi connectivity index (χ4n) is 4.21. The van der Waals surface area contributed by atoms with Crippen molar-refractivity contribution in [3.63, 3.8) is 0 Å². The van der Waals surface area contributed by atoms with Crippen LogP contribution in [0.5, 0.6) is 5.75 Å². The number of ether oxygens (including phenoxy) is 1. The Kier molecular flexibility index (Phi) is 6.42. The van der Waals surface area contributed by atoms with Gasteiger partial charge in [-0.25, -0.2) is 8.42 Å². The molecular weight excluding hydrogens is 364 g/mol. The summed E-state index contributed by atoms with van der Waals surface area (Å²) in [5.41, 5.74) is 0. The molecule has 0 radical (unpaired) electrons. The lowest BCUT2D eigenvalue weighted by Crippen LogP contribution is -2.50. The second kappa shape index (κ2) is 8.61. The topological polar surface area (TPSA) is 66.9 Å². The number of hydrogen-bond acceptors (Lipinski definition) is 4. The molecule has 2 saturated heterocycles. The Hall–Kier alpha value is -1.60. The summed E-state index contributed by atoms with van der Waals surface area (Å²) in [7, 11) is -2.05. The standard InChI is InChI=1S/C20H30N2O4S/c1-3-17-8-4-5-14-22(17)20(23)16-7-6-13-21(15-16)27(24,25)19-11-9-18(26-2)10-12-19/h9-12,16-17H,3-8,13-15H2,1-2H3. The van der Waals surface area contributed by atoms with Gasteiger partial charge in [0.15, 0.2) is 0 Å². The Morgan fingerprint density at radius 1 is 1.11 bits per heavy atom. The SMILES string of the molecule is CCC1CCCCN1C(=O)C1CCCN(S(=O)(=O)c2ccc(OC)cc2)C1. The third kappa shape index (κ3) is 4.29. The molecule has 0 bridgehead atoms. The molecule has 0 aromatic heterocycles. The molecule has 0 N–H and O–H groups in total. The molecule has 2 unspecified atom stereocenters. The summed E-state index contributed by atoms with van der Waals surface area (Å²) in [6, 6.07) is 6.74. The second-order valence-corrected chi connectivity index (χ2v) is 9.41. The van der Waals surface area contributed by atoms with Gasteiger partial charge in [0, 0.05) is 25.7 Å². The Morgan fingerprint density at radius 3 is 2.52 bits per heavy atom. The highest BCUT2D eigenvalue weighted by Crippen LogP contribution is 2.28. The predicted molar refractivity (Wildman–Crippen MR) is 104 cm³/mol. The minimum absolute atomic E-state index is 0.135. The number of sulfonamides is 1. The number of hydrogen-bond donors (Lipinski definition) is 0. The molecule has 7 heteroatoms. The molecule has 1 aromatic carbocycles. The number of methoxy groups -OCH3 is 1. The van der Waals surface area contributed by atoms with Gasteiger partial charge in [0.05, 0.1) is 17.9 Å². The first-order valence-corrected chi connectivity index (χ1v) is 11.4. The van der Waals surface area contributed by atoms with Crippen LogP contribution in [0, 0.1) is 5.92 Å². The first kappa shape index (κ1) is 20.1. The van der Waals surface area contributed by atoms with Crippen LogP contribution in [0.3, 0.4) is 0 Å². The van der Waals surface area contributed by atoms with E-state index in [4.69, 9.17) is 4.74 Å². The van der Waals surface area contributed by atoms with E-state index in [0.717, 1.165) is 38.6 Å². The first-order valence-electron chi connectivity index (χ1n) is 9.92. The smallest absolute Gasteiger partial charge is 0.243 e. The van der Waals surface area contributed by atoms with Crippen LogP contribution < -0.4 is 4.74 Å². The monoisotopic (exact) mass is 394 g/mol. The van der Waals surface area contributed by atoms with Crippen molar-refractivity contribution in [2.24, 2.45) is 5.92 Å². The van der Waals surface area contributed by atoms with Crippen molar-refractivity contribution in [2.45, 2.75) is 56.4 Å². The van der Waals surface area contributed by atoms with Crippen molar-refractivity contribution in [1.82, 2.24) is 9.21 Å². The van der Waals surface area contributed by atoms with Crippen LogP contribution >= 0.6 is 0 Å². The second-order valence-electron chi connectivity index (χ2n) is 7.47. The highest BCUT2D eigenvalue weighted by Gasteiger charge is 2.37. The molecule has 0 saturated carbocycles. The van der Waals surface area contributed by atoms with Crippen LogP contribution in [0.25, 0.3) is 0 Å². The van der Waals surface area contributed by atoms with E-state index in [1.807, 2.05) is 4.90 Å². The Labute approximate surface area is 162 Å². The highest BCUT2D eigenvalue weighted by atomic mass is 32.2. The zero-order valence-electron chi connectivity index (χ0n) is 16.3. The zero-order chi connectivity index (χ0) is 19.4. The molecule has 2 heterocycles. The van der Waals surface area contributed by atoms with E-state index in [0.29, 0.717) is 18.3 Å². The lowest BCUT2D eigenvalue weighted by atomic mass is 9.93. The summed E-state index contributed by atoms with van der Waals surface area (Å²) in [5, 5.41) is 0. The number of benzene rings is 1. The van der Waals surface area contributed by atoms with Gasteiger partial charge < -0.3 is 9.64 Å². The Bertz CT molecular complexity index is 748. The van der Waals surface area contributed by atoms with Crippen molar-refractivity contribution in [3.8, 4) is 5.75 Å². The summed E-state index contributed by atoms with van der Waals surface area (Å²) in [6.45, 7) is 3.67. The number of amides is 1. The maximum absolute atomic E-state index is 13.1. The van der Waals surface area contributed by atoms with Gasteiger partial charge in [0.2, 0.25) is 15.9 Å². The lowest BCUT2D eigenvalue weighted by Gasteiger charge is -2.40. The van der Waals surface area contributed by atoms with Crippen molar-refractivity contribution in [3.05, 3.63) is 24.3 Å². The fourth-order valence-corrected chi connectivity index (χ4v) is 5.73. The molecule has 150 valence electrons. The molecular formula is C20H30N2O4S. The number of carbonyl (C=O) groups excluding carboxylic acids is 1.